The highest BCUT2D eigenvalue weighted by atomic mass is 19.1. The van der Waals surface area contributed by atoms with E-state index < -0.39 is 5.97 Å². The third-order valence-electron chi connectivity index (χ3n) is 3.10. The lowest BCUT2D eigenvalue weighted by molar-refractivity contribution is 0.0697. The molecule has 0 fully saturated rings. The molecule has 2 N–H and O–H groups in total. The summed E-state index contributed by atoms with van der Waals surface area (Å²) in [7, 11) is 0. The molecule has 2 aromatic rings. The number of hydrogen-bond acceptors (Lipinski definition) is 3. The van der Waals surface area contributed by atoms with Gasteiger partial charge in [0.25, 0.3) is 0 Å². The lowest BCUT2D eigenvalue weighted by Crippen LogP contribution is -2.14. The minimum Gasteiger partial charge on any atom is -0.478 e. The van der Waals surface area contributed by atoms with Crippen LogP contribution < -0.4 is 5.32 Å². The molecule has 1 aromatic carbocycles. The molecule has 104 valence electrons. The monoisotopic (exact) mass is 274 g/mol. The van der Waals surface area contributed by atoms with Crippen LogP contribution in [0.5, 0.6) is 0 Å². The molecule has 1 unspecified atom stereocenters. The van der Waals surface area contributed by atoms with Crippen LogP contribution >= 0.6 is 0 Å². The Kier molecular flexibility index (Phi) is 3.98. The van der Waals surface area contributed by atoms with Crippen molar-refractivity contribution >= 4 is 11.8 Å². The first-order chi connectivity index (χ1) is 9.50. The number of pyridine rings is 1. The summed E-state index contributed by atoms with van der Waals surface area (Å²) >= 11 is 0. The normalized spacial score (nSPS) is 11.9. The van der Waals surface area contributed by atoms with Crippen LogP contribution in [0.25, 0.3) is 0 Å². The van der Waals surface area contributed by atoms with Gasteiger partial charge in [-0.3, -0.25) is 0 Å². The first-order valence-electron chi connectivity index (χ1n) is 6.20. The van der Waals surface area contributed by atoms with Gasteiger partial charge < -0.3 is 10.4 Å². The quantitative estimate of drug-likeness (QED) is 0.897. The zero-order valence-corrected chi connectivity index (χ0v) is 11.2. The van der Waals surface area contributed by atoms with Crippen molar-refractivity contribution < 1.29 is 14.3 Å². The first kappa shape index (κ1) is 14.0. The molecule has 0 saturated carbocycles. The minimum atomic E-state index is -1.06. The van der Waals surface area contributed by atoms with Crippen molar-refractivity contribution in [2.75, 3.05) is 5.32 Å². The average Bonchev–Trinajstić information content (AvgIpc) is 2.38. The van der Waals surface area contributed by atoms with E-state index in [-0.39, 0.29) is 23.2 Å². The Morgan fingerprint density at radius 1 is 1.35 bits per heavy atom. The van der Waals surface area contributed by atoms with Crippen molar-refractivity contribution in [1.29, 1.82) is 0 Å². The Balaban J connectivity index is 2.33. The van der Waals surface area contributed by atoms with E-state index in [4.69, 9.17) is 0 Å². The summed E-state index contributed by atoms with van der Waals surface area (Å²) < 4.78 is 13.7. The third kappa shape index (κ3) is 2.77. The first-order valence-corrected chi connectivity index (χ1v) is 6.20. The molecule has 0 spiro atoms. The summed E-state index contributed by atoms with van der Waals surface area (Å²) in [6.45, 7) is 3.46. The fraction of sp³-hybridized carbons (Fsp3) is 0.200. The maximum absolute atomic E-state index is 13.7. The van der Waals surface area contributed by atoms with Crippen LogP contribution in [-0.2, 0) is 0 Å². The zero-order valence-electron chi connectivity index (χ0n) is 11.2. The number of nitrogens with zero attached hydrogens (tertiary/aromatic N) is 1. The molecule has 0 radical (unpaired) electrons. The highest BCUT2D eigenvalue weighted by Gasteiger charge is 2.17. The number of carboxylic acid groups (broad SMARTS) is 1. The van der Waals surface area contributed by atoms with E-state index in [2.05, 4.69) is 10.3 Å². The van der Waals surface area contributed by atoms with E-state index in [0.29, 0.717) is 11.1 Å². The van der Waals surface area contributed by atoms with Gasteiger partial charge in [0.1, 0.15) is 17.2 Å². The molecule has 20 heavy (non-hydrogen) atoms. The number of anilines is 1. The van der Waals surface area contributed by atoms with Crippen LogP contribution in [0.3, 0.4) is 0 Å². The average molecular weight is 274 g/mol. The van der Waals surface area contributed by atoms with E-state index in [0.717, 1.165) is 0 Å². The Bertz CT molecular complexity index is 644. The number of hydrogen-bond donors (Lipinski definition) is 2. The number of aryl methyl sites for hydroxylation is 1. The molecule has 0 aliphatic carbocycles. The van der Waals surface area contributed by atoms with Gasteiger partial charge in [0, 0.05) is 11.8 Å². The lowest BCUT2D eigenvalue weighted by Gasteiger charge is -2.17. The Morgan fingerprint density at radius 3 is 2.70 bits per heavy atom. The van der Waals surface area contributed by atoms with Crippen LogP contribution in [0, 0.1) is 12.7 Å². The summed E-state index contributed by atoms with van der Waals surface area (Å²) in [6.07, 6.45) is 1.53. The molecule has 1 heterocycles. The van der Waals surface area contributed by atoms with Gasteiger partial charge >= 0.3 is 5.97 Å². The molecule has 2 rings (SSSR count). The predicted molar refractivity (Wildman–Crippen MR) is 74.4 cm³/mol. The number of aromatic carboxylic acids is 1. The van der Waals surface area contributed by atoms with Gasteiger partial charge in [-0.05, 0) is 31.5 Å². The van der Waals surface area contributed by atoms with E-state index in [1.54, 1.807) is 38.1 Å². The van der Waals surface area contributed by atoms with Crippen LogP contribution in [-0.4, -0.2) is 16.1 Å². The van der Waals surface area contributed by atoms with E-state index in [9.17, 15) is 14.3 Å². The van der Waals surface area contributed by atoms with Gasteiger partial charge in [-0.2, -0.15) is 0 Å². The molecular formula is C15H15FN2O2. The molecule has 0 aliphatic rings. The molecule has 1 atom stereocenters. The van der Waals surface area contributed by atoms with Crippen LogP contribution in [0.15, 0.2) is 36.5 Å². The Hall–Kier alpha value is -2.43. The summed E-state index contributed by atoms with van der Waals surface area (Å²) in [6, 6.07) is 7.61. The molecule has 0 bridgehead atoms. The van der Waals surface area contributed by atoms with Crippen molar-refractivity contribution in [3.63, 3.8) is 0 Å². The second kappa shape index (κ2) is 5.69. The molecule has 1 aromatic heterocycles. The van der Waals surface area contributed by atoms with E-state index in [1.807, 2.05) is 0 Å². The van der Waals surface area contributed by atoms with Gasteiger partial charge in [0.15, 0.2) is 0 Å². The summed E-state index contributed by atoms with van der Waals surface area (Å²) in [5.41, 5.74) is 1.18. The zero-order chi connectivity index (χ0) is 14.7. The molecule has 0 amide bonds. The predicted octanol–water partition coefficient (Wildman–Crippen LogP) is 3.40. The Morgan fingerprint density at radius 2 is 2.05 bits per heavy atom. The minimum absolute atomic E-state index is 0.107. The van der Waals surface area contributed by atoms with Gasteiger partial charge in [-0.25, -0.2) is 14.2 Å². The molecular weight excluding hydrogens is 259 g/mol. The van der Waals surface area contributed by atoms with Gasteiger partial charge in [0.05, 0.1) is 6.04 Å². The molecule has 0 saturated heterocycles. The number of halogens is 1. The summed E-state index contributed by atoms with van der Waals surface area (Å²) in [5, 5.41) is 12.2. The van der Waals surface area contributed by atoms with E-state index in [1.165, 1.54) is 12.3 Å². The van der Waals surface area contributed by atoms with Crippen molar-refractivity contribution in [3.8, 4) is 0 Å². The maximum atomic E-state index is 13.7. The van der Waals surface area contributed by atoms with Crippen molar-refractivity contribution in [1.82, 2.24) is 4.98 Å². The fourth-order valence-electron chi connectivity index (χ4n) is 2.05. The maximum Gasteiger partial charge on any atom is 0.339 e. The largest absolute Gasteiger partial charge is 0.478 e. The highest BCUT2D eigenvalue weighted by molar-refractivity contribution is 5.94. The number of benzene rings is 1. The number of carbonyl (C=O) groups is 1. The van der Waals surface area contributed by atoms with Gasteiger partial charge in [0.2, 0.25) is 0 Å². The molecule has 0 aliphatic heterocycles. The molecule has 5 heteroatoms. The lowest BCUT2D eigenvalue weighted by atomic mass is 10.1. The topological polar surface area (TPSA) is 62.2 Å². The highest BCUT2D eigenvalue weighted by Crippen LogP contribution is 2.24. The smallest absolute Gasteiger partial charge is 0.339 e. The van der Waals surface area contributed by atoms with Crippen molar-refractivity contribution in [2.45, 2.75) is 19.9 Å². The van der Waals surface area contributed by atoms with Crippen molar-refractivity contribution in [3.05, 3.63) is 59.0 Å². The number of aromatic nitrogens is 1. The van der Waals surface area contributed by atoms with E-state index >= 15 is 0 Å². The van der Waals surface area contributed by atoms with Crippen molar-refractivity contribution in [2.24, 2.45) is 0 Å². The van der Waals surface area contributed by atoms with Crippen LogP contribution in [0.4, 0.5) is 10.2 Å². The van der Waals surface area contributed by atoms with Gasteiger partial charge in [-0.1, -0.05) is 18.2 Å². The number of rotatable bonds is 4. The Labute approximate surface area is 116 Å². The molecule has 4 nitrogen and oxygen atoms in total. The second-order valence-electron chi connectivity index (χ2n) is 4.54. The SMILES string of the molecule is Cc1ccnc(NC(C)c2ccccc2F)c1C(=O)O. The summed E-state index contributed by atoms with van der Waals surface area (Å²) in [4.78, 5) is 15.3. The van der Waals surface area contributed by atoms with Crippen LogP contribution in [0.1, 0.15) is 34.5 Å². The second-order valence-corrected chi connectivity index (χ2v) is 4.54. The van der Waals surface area contributed by atoms with Gasteiger partial charge in [-0.15, -0.1) is 0 Å². The fourth-order valence-corrected chi connectivity index (χ4v) is 2.05. The third-order valence-corrected chi connectivity index (χ3v) is 3.10. The standard InChI is InChI=1S/C15H15FN2O2/c1-9-7-8-17-14(13(9)15(19)20)18-10(2)11-5-3-4-6-12(11)16/h3-8,10H,1-2H3,(H,17,18)(H,19,20). The van der Waals surface area contributed by atoms with Crippen LogP contribution in [0.2, 0.25) is 0 Å². The summed E-state index contributed by atoms with van der Waals surface area (Å²) in [5.74, 6) is -1.15. The number of carboxylic acids is 1. The number of nitrogens with one attached hydrogen (secondary N) is 1.